The Kier molecular flexibility index (Phi) is 6.71. The molecule has 0 unspecified atom stereocenters. The molecule has 0 radical (unpaired) electrons. The molecule has 1 aromatic carbocycles. The van der Waals surface area contributed by atoms with E-state index >= 15 is 0 Å². The number of carbonyl (C=O) groups excluding carboxylic acids is 1. The van der Waals surface area contributed by atoms with Gasteiger partial charge >= 0.3 is 0 Å². The number of ether oxygens (including phenoxy) is 1. The fourth-order valence-corrected chi connectivity index (χ4v) is 2.41. The van der Waals surface area contributed by atoms with Crippen LogP contribution in [0.3, 0.4) is 0 Å². The van der Waals surface area contributed by atoms with Gasteiger partial charge in [-0.15, -0.1) is 0 Å². The van der Waals surface area contributed by atoms with Crippen molar-refractivity contribution in [1.82, 2.24) is 9.97 Å². The number of hydrogen-bond donors (Lipinski definition) is 2. The van der Waals surface area contributed by atoms with E-state index < -0.39 is 0 Å². The Balaban J connectivity index is 2.10. The lowest BCUT2D eigenvalue weighted by Gasteiger charge is -2.20. The largest absolute Gasteiger partial charge is 0.375 e. The topological polar surface area (TPSA) is 79.4 Å². The summed E-state index contributed by atoms with van der Waals surface area (Å²) in [5, 5.41) is 5.96. The molecule has 0 bridgehead atoms. The predicted molar refractivity (Wildman–Crippen MR) is 101 cm³/mol. The molecule has 0 saturated carbocycles. The number of anilines is 4. The third-order valence-electron chi connectivity index (χ3n) is 3.63. The minimum atomic E-state index is -0.186. The Morgan fingerprint density at radius 1 is 1.12 bits per heavy atom. The van der Waals surface area contributed by atoms with Gasteiger partial charge in [0.15, 0.2) is 0 Å². The van der Waals surface area contributed by atoms with Crippen LogP contribution in [0.25, 0.3) is 0 Å². The van der Waals surface area contributed by atoms with E-state index in [1.54, 1.807) is 0 Å². The van der Waals surface area contributed by atoms with E-state index in [0.29, 0.717) is 11.6 Å². The van der Waals surface area contributed by atoms with Gasteiger partial charge in [0, 0.05) is 43.3 Å². The number of amides is 1. The van der Waals surface area contributed by atoms with Crippen molar-refractivity contribution >= 4 is 29.0 Å². The first-order valence-corrected chi connectivity index (χ1v) is 8.32. The van der Waals surface area contributed by atoms with E-state index in [4.69, 9.17) is 4.74 Å². The van der Waals surface area contributed by atoms with Gasteiger partial charge in [-0.05, 0) is 45.0 Å². The van der Waals surface area contributed by atoms with E-state index in [-0.39, 0.29) is 12.5 Å². The molecule has 134 valence electrons. The third kappa shape index (κ3) is 5.42. The van der Waals surface area contributed by atoms with Crippen LogP contribution in [-0.2, 0) is 9.53 Å². The maximum absolute atomic E-state index is 11.5. The second-order valence-electron chi connectivity index (χ2n) is 5.55. The lowest BCUT2D eigenvalue weighted by atomic mass is 10.3. The summed E-state index contributed by atoms with van der Waals surface area (Å²) >= 11 is 0. The summed E-state index contributed by atoms with van der Waals surface area (Å²) < 4.78 is 4.79. The second-order valence-corrected chi connectivity index (χ2v) is 5.55. The van der Waals surface area contributed by atoms with Gasteiger partial charge in [-0.1, -0.05) is 0 Å². The minimum Gasteiger partial charge on any atom is -0.375 e. The summed E-state index contributed by atoms with van der Waals surface area (Å²) in [6.07, 6.45) is 0. The highest BCUT2D eigenvalue weighted by atomic mass is 16.5. The summed E-state index contributed by atoms with van der Waals surface area (Å²) in [7, 11) is 1.49. The summed E-state index contributed by atoms with van der Waals surface area (Å²) in [6.45, 7) is 7.97. The molecule has 7 heteroatoms. The van der Waals surface area contributed by atoms with Crippen LogP contribution in [0.1, 0.15) is 19.5 Å². The molecular weight excluding hydrogens is 318 g/mol. The van der Waals surface area contributed by atoms with Crippen LogP contribution in [0.15, 0.2) is 30.3 Å². The van der Waals surface area contributed by atoms with E-state index in [1.807, 2.05) is 37.3 Å². The Bertz CT molecular complexity index is 699. The third-order valence-corrected chi connectivity index (χ3v) is 3.63. The number of aromatic nitrogens is 2. The Morgan fingerprint density at radius 3 is 2.36 bits per heavy atom. The van der Waals surface area contributed by atoms with Crippen molar-refractivity contribution in [3.05, 3.63) is 36.0 Å². The van der Waals surface area contributed by atoms with Crippen LogP contribution in [0.2, 0.25) is 0 Å². The fraction of sp³-hybridized carbons (Fsp3) is 0.389. The number of aryl methyl sites for hydroxylation is 1. The maximum atomic E-state index is 11.5. The normalized spacial score (nSPS) is 10.4. The first-order valence-electron chi connectivity index (χ1n) is 8.32. The van der Waals surface area contributed by atoms with Gasteiger partial charge in [0.1, 0.15) is 12.4 Å². The number of benzene rings is 1. The van der Waals surface area contributed by atoms with Crippen molar-refractivity contribution < 1.29 is 9.53 Å². The Morgan fingerprint density at radius 2 is 1.76 bits per heavy atom. The summed E-state index contributed by atoms with van der Waals surface area (Å²) in [4.78, 5) is 22.7. The van der Waals surface area contributed by atoms with Crippen molar-refractivity contribution in [2.45, 2.75) is 20.8 Å². The Labute approximate surface area is 148 Å². The molecule has 2 N–H and O–H groups in total. The van der Waals surface area contributed by atoms with Gasteiger partial charge in [0.25, 0.3) is 0 Å². The Hall–Kier alpha value is -2.67. The summed E-state index contributed by atoms with van der Waals surface area (Å²) in [5.41, 5.74) is 2.46. The molecule has 0 atom stereocenters. The van der Waals surface area contributed by atoms with Crippen molar-refractivity contribution in [3.63, 3.8) is 0 Å². The highest BCUT2D eigenvalue weighted by Gasteiger charge is 2.08. The molecule has 1 aromatic heterocycles. The average molecular weight is 343 g/mol. The molecule has 0 aliphatic rings. The number of hydrogen-bond acceptors (Lipinski definition) is 6. The highest BCUT2D eigenvalue weighted by molar-refractivity contribution is 5.91. The number of methoxy groups -OCH3 is 1. The molecule has 2 rings (SSSR count). The van der Waals surface area contributed by atoms with Crippen LogP contribution in [0, 0.1) is 6.92 Å². The lowest BCUT2D eigenvalue weighted by molar-refractivity contribution is -0.119. The van der Waals surface area contributed by atoms with Crippen molar-refractivity contribution in [2.75, 3.05) is 42.3 Å². The molecule has 0 aliphatic heterocycles. The quantitative estimate of drug-likeness (QED) is 0.767. The van der Waals surface area contributed by atoms with Gasteiger partial charge < -0.3 is 20.3 Å². The molecule has 7 nitrogen and oxygen atoms in total. The SMILES string of the molecule is CCN(CC)c1cc(C)nc(Nc2ccc(NC(=O)COC)cc2)n1. The molecule has 1 amide bonds. The standard InChI is InChI=1S/C18H25N5O2/c1-5-23(6-2)16-11-13(3)19-18(22-16)21-15-9-7-14(8-10-15)20-17(24)12-25-4/h7-11H,5-6,12H2,1-4H3,(H,20,24)(H,19,21,22). The molecule has 2 aromatic rings. The van der Waals surface area contributed by atoms with Gasteiger partial charge in [0.05, 0.1) is 0 Å². The minimum absolute atomic E-state index is 0.0330. The van der Waals surface area contributed by atoms with E-state index in [9.17, 15) is 4.79 Å². The molecule has 0 fully saturated rings. The maximum Gasteiger partial charge on any atom is 0.250 e. The highest BCUT2D eigenvalue weighted by Crippen LogP contribution is 2.20. The first-order chi connectivity index (χ1) is 12.0. The van der Waals surface area contributed by atoms with Crippen molar-refractivity contribution in [1.29, 1.82) is 0 Å². The lowest BCUT2D eigenvalue weighted by Crippen LogP contribution is -2.23. The van der Waals surface area contributed by atoms with Crippen LogP contribution in [0.4, 0.5) is 23.1 Å². The van der Waals surface area contributed by atoms with Crippen molar-refractivity contribution in [2.24, 2.45) is 0 Å². The fourth-order valence-electron chi connectivity index (χ4n) is 2.41. The summed E-state index contributed by atoms with van der Waals surface area (Å²) in [6, 6.07) is 9.34. The van der Waals surface area contributed by atoms with Gasteiger partial charge in [-0.2, -0.15) is 4.98 Å². The molecule has 25 heavy (non-hydrogen) atoms. The van der Waals surface area contributed by atoms with E-state index in [2.05, 4.69) is 39.3 Å². The van der Waals surface area contributed by atoms with E-state index in [0.717, 1.165) is 30.3 Å². The van der Waals surface area contributed by atoms with Gasteiger partial charge in [-0.3, -0.25) is 4.79 Å². The molecular formula is C18H25N5O2. The zero-order valence-electron chi connectivity index (χ0n) is 15.2. The number of rotatable bonds is 8. The molecule has 0 saturated heterocycles. The predicted octanol–water partition coefficient (Wildman–Crippen LogP) is 2.96. The average Bonchev–Trinajstić information content (AvgIpc) is 2.57. The smallest absolute Gasteiger partial charge is 0.250 e. The zero-order valence-corrected chi connectivity index (χ0v) is 15.2. The van der Waals surface area contributed by atoms with Gasteiger partial charge in [0.2, 0.25) is 11.9 Å². The monoisotopic (exact) mass is 343 g/mol. The number of carbonyl (C=O) groups is 1. The molecule has 0 aliphatic carbocycles. The zero-order chi connectivity index (χ0) is 18.2. The van der Waals surface area contributed by atoms with Crippen LogP contribution in [0.5, 0.6) is 0 Å². The van der Waals surface area contributed by atoms with Crippen LogP contribution in [-0.4, -0.2) is 42.7 Å². The van der Waals surface area contributed by atoms with Crippen LogP contribution >= 0.6 is 0 Å². The van der Waals surface area contributed by atoms with Gasteiger partial charge in [-0.25, -0.2) is 4.98 Å². The first kappa shape index (κ1) is 18.7. The molecule has 0 spiro atoms. The van der Waals surface area contributed by atoms with E-state index in [1.165, 1.54) is 7.11 Å². The number of nitrogens with one attached hydrogen (secondary N) is 2. The molecule has 1 heterocycles. The second kappa shape index (κ2) is 8.98. The number of nitrogens with zero attached hydrogens (tertiary/aromatic N) is 3. The summed E-state index contributed by atoms with van der Waals surface area (Å²) in [5.74, 6) is 1.27. The van der Waals surface area contributed by atoms with Crippen molar-refractivity contribution in [3.8, 4) is 0 Å². The van der Waals surface area contributed by atoms with Crippen LogP contribution < -0.4 is 15.5 Å².